The molecule has 0 atom stereocenters. The van der Waals surface area contributed by atoms with Crippen molar-refractivity contribution < 1.29 is 9.59 Å². The van der Waals surface area contributed by atoms with Crippen molar-refractivity contribution in [1.82, 2.24) is 9.80 Å². The molecule has 3 rings (SSSR count). The average Bonchev–Trinajstić information content (AvgIpc) is 2.74. The molecule has 21 heavy (non-hydrogen) atoms. The van der Waals surface area contributed by atoms with E-state index in [2.05, 4.69) is 32.7 Å². The maximum Gasteiger partial charge on any atom is 0.300 e. The van der Waals surface area contributed by atoms with Gasteiger partial charge in [-0.15, -0.1) is 0 Å². The molecule has 1 saturated heterocycles. The first-order valence-corrected chi connectivity index (χ1v) is 8.00. The number of fused-ring (bicyclic) bond motifs is 1. The van der Waals surface area contributed by atoms with Crippen LogP contribution in [0.15, 0.2) is 22.7 Å². The molecule has 1 aromatic rings. The van der Waals surface area contributed by atoms with Gasteiger partial charge in [-0.2, -0.15) is 0 Å². The zero-order valence-corrected chi connectivity index (χ0v) is 13.6. The summed E-state index contributed by atoms with van der Waals surface area (Å²) in [6, 6.07) is 5.50. The largest absolute Gasteiger partial charge is 0.301 e. The Hall–Kier alpha value is -1.24. The summed E-state index contributed by atoms with van der Waals surface area (Å²) in [5.74, 6) is -0.834. The van der Waals surface area contributed by atoms with Crippen LogP contribution in [0.4, 0.5) is 5.69 Å². The van der Waals surface area contributed by atoms with E-state index in [0.29, 0.717) is 16.7 Å². The highest BCUT2D eigenvalue weighted by atomic mass is 79.9. The Bertz CT molecular complexity index is 582. The number of anilines is 1. The van der Waals surface area contributed by atoms with E-state index in [1.165, 1.54) is 0 Å². The van der Waals surface area contributed by atoms with E-state index in [-0.39, 0.29) is 0 Å². The number of nitrogens with zero attached hydrogens (tertiary/aromatic N) is 3. The number of Topliss-reactive ketones (excluding diaryl/α,β-unsaturated/α-hetero) is 1. The standard InChI is InChI=1S/C15H18BrN3O2/c1-2-17-6-8-18(9-7-17)10-19-12-5-3-4-11(16)13(12)14(20)15(19)21/h3-5H,2,6-10H2,1H3. The Morgan fingerprint density at radius 2 is 1.76 bits per heavy atom. The van der Waals surface area contributed by atoms with Gasteiger partial charge < -0.3 is 4.90 Å². The second kappa shape index (κ2) is 5.87. The number of amides is 1. The lowest BCUT2D eigenvalue weighted by Gasteiger charge is -2.36. The topological polar surface area (TPSA) is 43.9 Å². The van der Waals surface area contributed by atoms with Gasteiger partial charge in [-0.1, -0.05) is 13.0 Å². The fourth-order valence-electron chi connectivity index (χ4n) is 2.89. The molecular formula is C15H18BrN3O2. The minimum Gasteiger partial charge on any atom is -0.301 e. The van der Waals surface area contributed by atoms with Gasteiger partial charge in [0.1, 0.15) is 0 Å². The molecule has 0 bridgehead atoms. The highest BCUT2D eigenvalue weighted by Crippen LogP contribution is 2.34. The van der Waals surface area contributed by atoms with Crippen LogP contribution in [-0.4, -0.2) is 60.9 Å². The average molecular weight is 352 g/mol. The number of rotatable bonds is 3. The van der Waals surface area contributed by atoms with E-state index in [0.717, 1.165) is 38.4 Å². The van der Waals surface area contributed by atoms with E-state index in [1.54, 1.807) is 11.0 Å². The van der Waals surface area contributed by atoms with Gasteiger partial charge in [-0.05, 0) is 34.6 Å². The molecule has 5 nitrogen and oxygen atoms in total. The van der Waals surface area contributed by atoms with Crippen molar-refractivity contribution in [2.45, 2.75) is 6.92 Å². The molecule has 2 heterocycles. The predicted molar refractivity (Wildman–Crippen MR) is 84.5 cm³/mol. The fraction of sp³-hybridized carbons (Fsp3) is 0.467. The summed E-state index contributed by atoms with van der Waals surface area (Å²) in [5, 5.41) is 0. The molecule has 0 radical (unpaired) electrons. The van der Waals surface area contributed by atoms with Crippen molar-refractivity contribution in [3.05, 3.63) is 28.2 Å². The SMILES string of the molecule is CCN1CCN(CN2C(=O)C(=O)c3c(Br)cccc32)CC1. The number of hydrogen-bond donors (Lipinski definition) is 0. The molecule has 2 aliphatic rings. The molecule has 0 N–H and O–H groups in total. The van der Waals surface area contributed by atoms with E-state index >= 15 is 0 Å². The molecule has 0 aromatic heterocycles. The normalized spacial score (nSPS) is 20.2. The number of likely N-dealkylation sites (N-methyl/N-ethyl adjacent to an activating group) is 1. The summed E-state index contributed by atoms with van der Waals surface area (Å²) < 4.78 is 0.691. The number of piperazine rings is 1. The Morgan fingerprint density at radius 3 is 2.43 bits per heavy atom. The summed E-state index contributed by atoms with van der Waals surface area (Å²) in [6.45, 7) is 7.59. The summed E-state index contributed by atoms with van der Waals surface area (Å²) in [5.41, 5.74) is 1.21. The van der Waals surface area contributed by atoms with E-state index < -0.39 is 11.7 Å². The van der Waals surface area contributed by atoms with E-state index in [9.17, 15) is 9.59 Å². The number of carbonyl (C=O) groups is 2. The van der Waals surface area contributed by atoms with Gasteiger partial charge in [-0.25, -0.2) is 0 Å². The third-order valence-electron chi connectivity index (χ3n) is 4.20. The lowest BCUT2D eigenvalue weighted by atomic mass is 10.1. The smallest absolute Gasteiger partial charge is 0.300 e. The molecule has 2 aliphatic heterocycles. The zero-order chi connectivity index (χ0) is 15.0. The maximum absolute atomic E-state index is 12.2. The molecule has 0 unspecified atom stereocenters. The molecular weight excluding hydrogens is 334 g/mol. The van der Waals surface area contributed by atoms with Crippen molar-refractivity contribution in [2.75, 3.05) is 44.3 Å². The van der Waals surface area contributed by atoms with Crippen LogP contribution in [0.1, 0.15) is 17.3 Å². The number of carbonyl (C=O) groups excluding carboxylic acids is 2. The number of ketones is 1. The zero-order valence-electron chi connectivity index (χ0n) is 12.0. The highest BCUT2D eigenvalue weighted by Gasteiger charge is 2.38. The van der Waals surface area contributed by atoms with Crippen LogP contribution < -0.4 is 4.90 Å². The number of hydrogen-bond acceptors (Lipinski definition) is 4. The molecule has 0 aliphatic carbocycles. The first kappa shape index (κ1) is 14.7. The van der Waals surface area contributed by atoms with Crippen LogP contribution in [0, 0.1) is 0 Å². The van der Waals surface area contributed by atoms with Gasteiger partial charge in [0.15, 0.2) is 0 Å². The summed E-state index contributed by atoms with van der Waals surface area (Å²) >= 11 is 3.37. The quantitative estimate of drug-likeness (QED) is 0.775. The Labute approximate surface area is 132 Å². The van der Waals surface area contributed by atoms with Gasteiger partial charge in [0, 0.05) is 30.7 Å². The lowest BCUT2D eigenvalue weighted by molar-refractivity contribution is -0.114. The lowest BCUT2D eigenvalue weighted by Crippen LogP contribution is -2.50. The Morgan fingerprint density at radius 1 is 1.10 bits per heavy atom. The van der Waals surface area contributed by atoms with Crippen molar-refractivity contribution in [1.29, 1.82) is 0 Å². The van der Waals surface area contributed by atoms with E-state index in [4.69, 9.17) is 0 Å². The Balaban J connectivity index is 1.77. The molecule has 1 fully saturated rings. The summed E-state index contributed by atoms with van der Waals surface area (Å²) in [7, 11) is 0. The van der Waals surface area contributed by atoms with Crippen molar-refractivity contribution in [2.24, 2.45) is 0 Å². The molecule has 6 heteroatoms. The van der Waals surface area contributed by atoms with Gasteiger partial charge in [0.2, 0.25) is 0 Å². The van der Waals surface area contributed by atoms with Gasteiger partial charge in [-0.3, -0.25) is 19.4 Å². The monoisotopic (exact) mass is 351 g/mol. The predicted octanol–water partition coefficient (Wildman–Crippen LogP) is 1.57. The van der Waals surface area contributed by atoms with Gasteiger partial charge >= 0.3 is 5.91 Å². The molecule has 0 spiro atoms. The highest BCUT2D eigenvalue weighted by molar-refractivity contribution is 9.10. The van der Waals surface area contributed by atoms with Crippen LogP contribution in [0.3, 0.4) is 0 Å². The van der Waals surface area contributed by atoms with Crippen molar-refractivity contribution in [3.63, 3.8) is 0 Å². The minimum atomic E-state index is -0.421. The maximum atomic E-state index is 12.2. The second-order valence-electron chi connectivity index (χ2n) is 5.39. The van der Waals surface area contributed by atoms with Crippen LogP contribution in [0.2, 0.25) is 0 Å². The Kier molecular flexibility index (Phi) is 4.10. The van der Waals surface area contributed by atoms with Crippen LogP contribution >= 0.6 is 15.9 Å². The van der Waals surface area contributed by atoms with Crippen molar-refractivity contribution in [3.8, 4) is 0 Å². The fourth-order valence-corrected chi connectivity index (χ4v) is 3.42. The summed E-state index contributed by atoms with van der Waals surface area (Å²) in [4.78, 5) is 30.6. The van der Waals surface area contributed by atoms with Gasteiger partial charge in [0.25, 0.3) is 5.78 Å². The molecule has 0 saturated carbocycles. The van der Waals surface area contributed by atoms with Crippen LogP contribution in [0.5, 0.6) is 0 Å². The minimum absolute atomic E-state index is 0.412. The van der Waals surface area contributed by atoms with Crippen LogP contribution in [-0.2, 0) is 4.79 Å². The first-order chi connectivity index (χ1) is 10.1. The van der Waals surface area contributed by atoms with Crippen molar-refractivity contribution >= 4 is 33.3 Å². The third kappa shape index (κ3) is 2.63. The first-order valence-electron chi connectivity index (χ1n) is 7.21. The third-order valence-corrected chi connectivity index (χ3v) is 4.86. The summed E-state index contributed by atoms with van der Waals surface area (Å²) in [6.07, 6.45) is 0. The number of benzene rings is 1. The molecule has 1 amide bonds. The van der Waals surface area contributed by atoms with E-state index in [1.807, 2.05) is 12.1 Å². The number of halogens is 1. The van der Waals surface area contributed by atoms with Crippen LogP contribution in [0.25, 0.3) is 0 Å². The van der Waals surface area contributed by atoms with Gasteiger partial charge in [0.05, 0.1) is 17.9 Å². The molecule has 1 aromatic carbocycles. The second-order valence-corrected chi connectivity index (χ2v) is 6.24. The molecule has 112 valence electrons.